The number of hydrogen-bond acceptors (Lipinski definition) is 3. The molecule has 1 fully saturated rings. The summed E-state index contributed by atoms with van der Waals surface area (Å²) in [5.74, 6) is -0.117. The van der Waals surface area contributed by atoms with Crippen LogP contribution in [-0.2, 0) is 9.53 Å². The molecule has 0 aromatic heterocycles. The topological polar surface area (TPSA) is 38.3 Å². The van der Waals surface area contributed by atoms with Gasteiger partial charge in [-0.3, -0.25) is 10.1 Å². The third-order valence-electron chi connectivity index (χ3n) is 3.16. The fraction of sp³-hybridized carbons (Fsp3) is 0.500. The maximum absolute atomic E-state index is 11.7. The van der Waals surface area contributed by atoms with Crippen molar-refractivity contribution in [2.75, 3.05) is 6.61 Å². The second-order valence-corrected chi connectivity index (χ2v) is 4.37. The van der Waals surface area contributed by atoms with E-state index < -0.39 is 0 Å². The van der Waals surface area contributed by atoms with Crippen molar-refractivity contribution in [3.8, 4) is 0 Å². The number of ether oxygens (including phenoxy) is 1. The van der Waals surface area contributed by atoms with E-state index in [1.807, 2.05) is 25.1 Å². The highest BCUT2D eigenvalue weighted by Gasteiger charge is 2.27. The summed E-state index contributed by atoms with van der Waals surface area (Å²) < 4.78 is 5.06. The van der Waals surface area contributed by atoms with Gasteiger partial charge in [-0.05, 0) is 31.7 Å². The number of rotatable bonds is 3. The quantitative estimate of drug-likeness (QED) is 0.815. The minimum absolute atomic E-state index is 0.117. The zero-order valence-electron chi connectivity index (χ0n) is 10.2. The van der Waals surface area contributed by atoms with E-state index in [9.17, 15) is 4.79 Å². The molecule has 0 unspecified atom stereocenters. The molecule has 2 rings (SSSR count). The van der Waals surface area contributed by atoms with Gasteiger partial charge in [0, 0.05) is 6.04 Å². The summed E-state index contributed by atoms with van der Waals surface area (Å²) >= 11 is 0. The Morgan fingerprint density at radius 1 is 1.35 bits per heavy atom. The summed E-state index contributed by atoms with van der Waals surface area (Å²) in [5.41, 5.74) is 1.25. The van der Waals surface area contributed by atoms with E-state index in [1.165, 1.54) is 5.56 Å². The Balaban J connectivity index is 2.00. The summed E-state index contributed by atoms with van der Waals surface area (Å²) in [6, 6.07) is 10.4. The van der Waals surface area contributed by atoms with Gasteiger partial charge in [0.05, 0.1) is 6.61 Å². The normalized spacial score (nSPS) is 24.3. The first-order valence-electron chi connectivity index (χ1n) is 6.29. The molecular weight excluding hydrogens is 214 g/mol. The monoisotopic (exact) mass is 233 g/mol. The van der Waals surface area contributed by atoms with Gasteiger partial charge in [0.15, 0.2) is 0 Å². The lowest BCUT2D eigenvalue weighted by Gasteiger charge is -2.29. The Morgan fingerprint density at radius 3 is 2.82 bits per heavy atom. The minimum Gasteiger partial charge on any atom is -0.465 e. The molecule has 0 aliphatic carbocycles. The lowest BCUT2D eigenvalue weighted by Crippen LogP contribution is -2.43. The smallest absolute Gasteiger partial charge is 0.323 e. The second-order valence-electron chi connectivity index (χ2n) is 4.37. The number of nitrogens with one attached hydrogen (secondary N) is 1. The third-order valence-corrected chi connectivity index (χ3v) is 3.16. The van der Waals surface area contributed by atoms with E-state index in [0.717, 1.165) is 19.3 Å². The van der Waals surface area contributed by atoms with Gasteiger partial charge in [-0.1, -0.05) is 30.3 Å². The first-order chi connectivity index (χ1) is 8.31. The van der Waals surface area contributed by atoms with Gasteiger partial charge in [-0.25, -0.2) is 0 Å². The van der Waals surface area contributed by atoms with Crippen LogP contribution in [0.2, 0.25) is 0 Å². The molecule has 0 saturated carbocycles. The lowest BCUT2D eigenvalue weighted by atomic mass is 9.93. The summed E-state index contributed by atoms with van der Waals surface area (Å²) in [5, 5.41) is 3.38. The Kier molecular flexibility index (Phi) is 4.15. The molecule has 17 heavy (non-hydrogen) atoms. The van der Waals surface area contributed by atoms with E-state index in [1.54, 1.807) is 0 Å². The first kappa shape index (κ1) is 12.1. The van der Waals surface area contributed by atoms with Crippen LogP contribution in [0.4, 0.5) is 0 Å². The van der Waals surface area contributed by atoms with Crippen LogP contribution in [0.3, 0.4) is 0 Å². The number of benzene rings is 1. The van der Waals surface area contributed by atoms with Crippen LogP contribution in [0.1, 0.15) is 37.8 Å². The molecule has 92 valence electrons. The maximum Gasteiger partial charge on any atom is 0.323 e. The van der Waals surface area contributed by atoms with Crippen molar-refractivity contribution >= 4 is 5.97 Å². The first-order valence-corrected chi connectivity index (χ1v) is 6.29. The predicted molar refractivity (Wildman–Crippen MR) is 66.6 cm³/mol. The highest BCUT2D eigenvalue weighted by Crippen LogP contribution is 2.25. The van der Waals surface area contributed by atoms with Crippen LogP contribution in [0.5, 0.6) is 0 Å². The number of carbonyl (C=O) groups excluding carboxylic acids is 1. The van der Waals surface area contributed by atoms with Crippen molar-refractivity contribution in [1.82, 2.24) is 5.32 Å². The van der Waals surface area contributed by atoms with Gasteiger partial charge in [-0.15, -0.1) is 0 Å². The van der Waals surface area contributed by atoms with Gasteiger partial charge in [0.2, 0.25) is 0 Å². The third kappa shape index (κ3) is 3.07. The van der Waals surface area contributed by atoms with Crippen LogP contribution in [0.15, 0.2) is 30.3 Å². The van der Waals surface area contributed by atoms with Gasteiger partial charge in [0.25, 0.3) is 0 Å². The Labute approximate surface area is 102 Å². The molecule has 1 aromatic carbocycles. The van der Waals surface area contributed by atoms with Crippen LogP contribution in [0, 0.1) is 0 Å². The van der Waals surface area contributed by atoms with Crippen LogP contribution in [-0.4, -0.2) is 18.6 Å². The summed E-state index contributed by atoms with van der Waals surface area (Å²) in [7, 11) is 0. The zero-order valence-corrected chi connectivity index (χ0v) is 10.2. The molecule has 1 heterocycles. The summed E-state index contributed by atoms with van der Waals surface area (Å²) in [4.78, 5) is 11.7. The standard InChI is InChI=1S/C14H19NO2/c1-2-17-14(16)13-10-6-9-12(15-13)11-7-4-3-5-8-11/h3-5,7-8,12-13,15H,2,6,9-10H2,1H3/t12-,13+/m0/s1. The van der Waals surface area contributed by atoms with E-state index in [0.29, 0.717) is 6.61 Å². The van der Waals surface area contributed by atoms with E-state index in [2.05, 4.69) is 17.4 Å². The molecule has 0 bridgehead atoms. The molecule has 2 atom stereocenters. The highest BCUT2D eigenvalue weighted by molar-refractivity contribution is 5.75. The van der Waals surface area contributed by atoms with Crippen molar-refractivity contribution in [3.05, 3.63) is 35.9 Å². The predicted octanol–water partition coefficient (Wildman–Crippen LogP) is 2.43. The zero-order chi connectivity index (χ0) is 12.1. The van der Waals surface area contributed by atoms with Crippen molar-refractivity contribution in [3.63, 3.8) is 0 Å². The van der Waals surface area contributed by atoms with Gasteiger partial charge in [-0.2, -0.15) is 0 Å². The molecule has 1 aromatic rings. The number of esters is 1. The number of hydrogen-bond donors (Lipinski definition) is 1. The largest absolute Gasteiger partial charge is 0.465 e. The van der Waals surface area contributed by atoms with Crippen molar-refractivity contribution in [2.45, 2.75) is 38.3 Å². The fourth-order valence-corrected chi connectivity index (χ4v) is 2.31. The molecule has 3 heteroatoms. The van der Waals surface area contributed by atoms with E-state index >= 15 is 0 Å². The SMILES string of the molecule is CCOC(=O)[C@H]1CCC[C@@H](c2ccccc2)N1. The van der Waals surface area contributed by atoms with Gasteiger partial charge < -0.3 is 4.74 Å². The summed E-state index contributed by atoms with van der Waals surface area (Å²) in [6.45, 7) is 2.29. The van der Waals surface area contributed by atoms with E-state index in [4.69, 9.17) is 4.74 Å². The lowest BCUT2D eigenvalue weighted by molar-refractivity contribution is -0.146. The van der Waals surface area contributed by atoms with Crippen LogP contribution >= 0.6 is 0 Å². The Morgan fingerprint density at radius 2 is 2.12 bits per heavy atom. The molecule has 1 aliphatic heterocycles. The van der Waals surface area contributed by atoms with Crippen molar-refractivity contribution < 1.29 is 9.53 Å². The highest BCUT2D eigenvalue weighted by atomic mass is 16.5. The molecule has 1 N–H and O–H groups in total. The Hall–Kier alpha value is -1.35. The Bertz CT molecular complexity index is 364. The van der Waals surface area contributed by atoms with Gasteiger partial charge in [0.1, 0.15) is 6.04 Å². The van der Waals surface area contributed by atoms with Gasteiger partial charge >= 0.3 is 5.97 Å². The average molecular weight is 233 g/mol. The molecule has 0 spiro atoms. The summed E-state index contributed by atoms with van der Waals surface area (Å²) in [6.07, 6.45) is 3.03. The molecular formula is C14H19NO2. The molecule has 3 nitrogen and oxygen atoms in total. The van der Waals surface area contributed by atoms with Crippen LogP contribution < -0.4 is 5.32 Å². The molecule has 0 amide bonds. The van der Waals surface area contributed by atoms with Crippen LogP contribution in [0.25, 0.3) is 0 Å². The van der Waals surface area contributed by atoms with Crippen molar-refractivity contribution in [2.24, 2.45) is 0 Å². The fourth-order valence-electron chi connectivity index (χ4n) is 2.31. The molecule has 0 radical (unpaired) electrons. The molecule has 1 saturated heterocycles. The maximum atomic E-state index is 11.7. The minimum atomic E-state index is -0.145. The second kappa shape index (κ2) is 5.82. The number of carbonyl (C=O) groups is 1. The van der Waals surface area contributed by atoms with E-state index in [-0.39, 0.29) is 18.1 Å². The molecule has 1 aliphatic rings. The van der Waals surface area contributed by atoms with Crippen molar-refractivity contribution in [1.29, 1.82) is 0 Å². The number of piperidine rings is 1. The average Bonchev–Trinajstić information content (AvgIpc) is 2.40.